The van der Waals surface area contributed by atoms with Crippen LogP contribution in [0.4, 0.5) is 4.79 Å². The van der Waals surface area contributed by atoms with Gasteiger partial charge in [-0.2, -0.15) is 0 Å². The zero-order chi connectivity index (χ0) is 11.9. The van der Waals surface area contributed by atoms with Crippen LogP contribution in [0.1, 0.15) is 40.5 Å². The molecule has 0 aliphatic heterocycles. The molecule has 0 aromatic carbocycles. The van der Waals surface area contributed by atoms with E-state index in [4.69, 9.17) is 9.84 Å². The van der Waals surface area contributed by atoms with Gasteiger partial charge in [0, 0.05) is 13.2 Å². The van der Waals surface area contributed by atoms with Crippen LogP contribution < -0.4 is 5.32 Å². The number of hydrogen-bond acceptors (Lipinski definition) is 3. The molecule has 0 spiro atoms. The fraction of sp³-hybridized carbons (Fsp3) is 0.909. The van der Waals surface area contributed by atoms with Crippen LogP contribution in [0.15, 0.2) is 0 Å². The predicted octanol–water partition coefficient (Wildman–Crippen LogP) is 1.92. The summed E-state index contributed by atoms with van der Waals surface area (Å²) >= 11 is 0. The first kappa shape index (κ1) is 14.2. The van der Waals surface area contributed by atoms with Gasteiger partial charge in [-0.05, 0) is 33.1 Å². The highest BCUT2D eigenvalue weighted by molar-refractivity contribution is 5.67. The van der Waals surface area contributed by atoms with Crippen LogP contribution in [0, 0.1) is 5.92 Å². The number of amides is 1. The van der Waals surface area contributed by atoms with Crippen molar-refractivity contribution in [3.8, 4) is 0 Å². The fourth-order valence-electron chi connectivity index (χ4n) is 1.17. The van der Waals surface area contributed by atoms with Gasteiger partial charge >= 0.3 is 6.09 Å². The first-order valence-electron chi connectivity index (χ1n) is 5.46. The molecule has 0 saturated heterocycles. The van der Waals surface area contributed by atoms with E-state index < -0.39 is 5.60 Å². The summed E-state index contributed by atoms with van der Waals surface area (Å²) in [5.74, 6) is 0.322. The van der Waals surface area contributed by atoms with Gasteiger partial charge < -0.3 is 15.2 Å². The number of carbonyl (C=O) groups is 1. The molecular weight excluding hydrogens is 194 g/mol. The van der Waals surface area contributed by atoms with Crippen molar-refractivity contribution in [2.75, 3.05) is 13.2 Å². The Morgan fingerprint density at radius 2 is 2.07 bits per heavy atom. The summed E-state index contributed by atoms with van der Waals surface area (Å²) in [6.07, 6.45) is 1.27. The summed E-state index contributed by atoms with van der Waals surface area (Å²) in [5.41, 5.74) is -0.456. The lowest BCUT2D eigenvalue weighted by atomic mass is 10.0. The number of ether oxygens (including phenoxy) is 1. The van der Waals surface area contributed by atoms with E-state index in [2.05, 4.69) is 5.32 Å². The van der Waals surface area contributed by atoms with Crippen molar-refractivity contribution in [1.82, 2.24) is 5.32 Å². The number of aliphatic hydroxyl groups is 1. The zero-order valence-corrected chi connectivity index (χ0v) is 10.2. The Morgan fingerprint density at radius 1 is 1.47 bits per heavy atom. The second kappa shape index (κ2) is 6.67. The van der Waals surface area contributed by atoms with Gasteiger partial charge in [-0.25, -0.2) is 4.79 Å². The number of hydrogen-bond donors (Lipinski definition) is 2. The third-order valence-electron chi connectivity index (χ3n) is 2.05. The summed E-state index contributed by atoms with van der Waals surface area (Å²) < 4.78 is 5.10. The van der Waals surface area contributed by atoms with Gasteiger partial charge in [0.1, 0.15) is 5.60 Å². The minimum absolute atomic E-state index is 0.161. The van der Waals surface area contributed by atoms with Crippen LogP contribution in [0.25, 0.3) is 0 Å². The van der Waals surface area contributed by atoms with Crippen molar-refractivity contribution >= 4 is 6.09 Å². The Balaban J connectivity index is 3.78. The van der Waals surface area contributed by atoms with Gasteiger partial charge in [0.2, 0.25) is 0 Å². The molecular formula is C11H23NO3. The molecule has 0 fully saturated rings. The maximum absolute atomic E-state index is 11.3. The van der Waals surface area contributed by atoms with Crippen molar-refractivity contribution in [1.29, 1.82) is 0 Å². The molecule has 0 heterocycles. The molecule has 0 aromatic heterocycles. The van der Waals surface area contributed by atoms with E-state index >= 15 is 0 Å². The third-order valence-corrected chi connectivity index (χ3v) is 2.05. The van der Waals surface area contributed by atoms with Gasteiger partial charge in [0.25, 0.3) is 0 Å². The lowest BCUT2D eigenvalue weighted by Gasteiger charge is -2.21. The van der Waals surface area contributed by atoms with Crippen molar-refractivity contribution in [2.45, 2.75) is 46.1 Å². The van der Waals surface area contributed by atoms with Crippen LogP contribution >= 0.6 is 0 Å². The second-order valence-corrected chi connectivity index (χ2v) is 4.67. The minimum atomic E-state index is -0.456. The normalized spacial score (nSPS) is 13.4. The quantitative estimate of drug-likeness (QED) is 0.739. The summed E-state index contributed by atoms with van der Waals surface area (Å²) in [5, 5.41) is 11.5. The molecule has 1 amide bonds. The second-order valence-electron chi connectivity index (χ2n) is 4.67. The highest BCUT2D eigenvalue weighted by atomic mass is 16.6. The average Bonchev–Trinajstić information content (AvgIpc) is 2.09. The van der Waals surface area contributed by atoms with E-state index in [9.17, 15) is 4.79 Å². The van der Waals surface area contributed by atoms with Crippen molar-refractivity contribution in [2.24, 2.45) is 5.92 Å². The Hall–Kier alpha value is -0.770. The average molecular weight is 217 g/mol. The van der Waals surface area contributed by atoms with E-state index in [0.717, 1.165) is 6.42 Å². The Labute approximate surface area is 92.0 Å². The van der Waals surface area contributed by atoms with E-state index in [-0.39, 0.29) is 12.7 Å². The predicted molar refractivity (Wildman–Crippen MR) is 59.7 cm³/mol. The van der Waals surface area contributed by atoms with Crippen LogP contribution in [0.3, 0.4) is 0 Å². The lowest BCUT2D eigenvalue weighted by molar-refractivity contribution is 0.0516. The number of carbonyl (C=O) groups excluding carboxylic acids is 1. The molecule has 90 valence electrons. The van der Waals surface area contributed by atoms with Crippen LogP contribution in [0.2, 0.25) is 0 Å². The third kappa shape index (κ3) is 8.24. The molecule has 1 atom stereocenters. The molecule has 0 unspecified atom stereocenters. The zero-order valence-electron chi connectivity index (χ0n) is 10.2. The first-order valence-corrected chi connectivity index (χ1v) is 5.46. The molecule has 0 saturated carbocycles. The number of rotatable bonds is 5. The SMILES string of the molecule is CC[C@@H](CCO)CNC(=O)OC(C)(C)C. The maximum atomic E-state index is 11.3. The van der Waals surface area contributed by atoms with E-state index in [1.165, 1.54) is 0 Å². The molecule has 0 aliphatic carbocycles. The van der Waals surface area contributed by atoms with Gasteiger partial charge in [-0.1, -0.05) is 13.3 Å². The summed E-state index contributed by atoms with van der Waals surface area (Å²) in [6.45, 7) is 8.25. The van der Waals surface area contributed by atoms with E-state index in [1.54, 1.807) is 0 Å². The van der Waals surface area contributed by atoms with Gasteiger partial charge in [0.05, 0.1) is 0 Å². The van der Waals surface area contributed by atoms with Crippen molar-refractivity contribution in [3.05, 3.63) is 0 Å². The van der Waals surface area contributed by atoms with Crippen LogP contribution in [-0.2, 0) is 4.74 Å². The fourth-order valence-corrected chi connectivity index (χ4v) is 1.17. The molecule has 0 rings (SSSR count). The van der Waals surface area contributed by atoms with E-state index in [1.807, 2.05) is 27.7 Å². The van der Waals surface area contributed by atoms with Gasteiger partial charge in [-0.15, -0.1) is 0 Å². The first-order chi connectivity index (χ1) is 6.89. The van der Waals surface area contributed by atoms with Crippen molar-refractivity contribution in [3.63, 3.8) is 0 Å². The molecule has 4 nitrogen and oxygen atoms in total. The summed E-state index contributed by atoms with van der Waals surface area (Å²) in [7, 11) is 0. The molecule has 0 aliphatic rings. The Morgan fingerprint density at radius 3 is 2.47 bits per heavy atom. The maximum Gasteiger partial charge on any atom is 0.407 e. The smallest absolute Gasteiger partial charge is 0.407 e. The number of nitrogens with one attached hydrogen (secondary N) is 1. The highest BCUT2D eigenvalue weighted by Crippen LogP contribution is 2.08. The molecule has 0 bridgehead atoms. The number of alkyl carbamates (subject to hydrolysis) is 1. The van der Waals surface area contributed by atoms with Crippen LogP contribution in [0.5, 0.6) is 0 Å². The lowest BCUT2D eigenvalue weighted by Crippen LogP contribution is -2.35. The standard InChI is InChI=1S/C11H23NO3/c1-5-9(6-7-13)8-12-10(14)15-11(2,3)4/h9,13H,5-8H2,1-4H3,(H,12,14)/t9-/m0/s1. The van der Waals surface area contributed by atoms with Crippen LogP contribution in [-0.4, -0.2) is 30.0 Å². The topological polar surface area (TPSA) is 58.6 Å². The largest absolute Gasteiger partial charge is 0.444 e. The summed E-state index contributed by atoms with van der Waals surface area (Å²) in [6, 6.07) is 0. The molecule has 2 N–H and O–H groups in total. The molecule has 15 heavy (non-hydrogen) atoms. The van der Waals surface area contributed by atoms with E-state index in [0.29, 0.717) is 18.9 Å². The summed E-state index contributed by atoms with van der Waals surface area (Å²) in [4.78, 5) is 11.3. The highest BCUT2D eigenvalue weighted by Gasteiger charge is 2.16. The molecule has 4 heteroatoms. The molecule has 0 aromatic rings. The van der Waals surface area contributed by atoms with Gasteiger partial charge in [-0.3, -0.25) is 0 Å². The Kier molecular flexibility index (Phi) is 6.32. The van der Waals surface area contributed by atoms with Crippen molar-refractivity contribution < 1.29 is 14.6 Å². The Bertz CT molecular complexity index is 187. The number of aliphatic hydroxyl groups excluding tert-OH is 1. The monoisotopic (exact) mass is 217 g/mol. The molecule has 0 radical (unpaired) electrons. The minimum Gasteiger partial charge on any atom is -0.444 e. The van der Waals surface area contributed by atoms with Gasteiger partial charge in [0.15, 0.2) is 0 Å².